The highest BCUT2D eigenvalue weighted by Gasteiger charge is 2.23. The number of likely N-dealkylation sites (tertiary alicyclic amines) is 1. The van der Waals surface area contributed by atoms with Crippen molar-refractivity contribution in [3.63, 3.8) is 0 Å². The number of carbonyl (C=O) groups excluding carboxylic acids is 2. The Kier molecular flexibility index (Phi) is 4.79. The van der Waals surface area contributed by atoms with Gasteiger partial charge in [-0.05, 0) is 42.5 Å². The SMILES string of the molecule is NC(=O)c1cccc(NC(=O)N2CCC(c3ccccc3)CC2)c1. The summed E-state index contributed by atoms with van der Waals surface area (Å²) < 4.78 is 0. The number of amides is 3. The Morgan fingerprint density at radius 2 is 1.71 bits per heavy atom. The van der Waals surface area contributed by atoms with Gasteiger partial charge in [0.15, 0.2) is 0 Å². The fourth-order valence-corrected chi connectivity index (χ4v) is 3.09. The highest BCUT2D eigenvalue weighted by Crippen LogP contribution is 2.28. The Morgan fingerprint density at radius 3 is 2.38 bits per heavy atom. The van der Waals surface area contributed by atoms with Gasteiger partial charge in [0.25, 0.3) is 0 Å². The Labute approximate surface area is 141 Å². The number of benzene rings is 2. The normalized spacial score (nSPS) is 15.1. The van der Waals surface area contributed by atoms with E-state index >= 15 is 0 Å². The van der Waals surface area contributed by atoms with E-state index < -0.39 is 5.91 Å². The number of rotatable bonds is 3. The molecule has 3 N–H and O–H groups in total. The third kappa shape index (κ3) is 3.74. The molecule has 124 valence electrons. The van der Waals surface area contributed by atoms with Crippen molar-refractivity contribution < 1.29 is 9.59 Å². The van der Waals surface area contributed by atoms with Crippen molar-refractivity contribution in [2.24, 2.45) is 5.73 Å². The number of hydrogen-bond donors (Lipinski definition) is 2. The van der Waals surface area contributed by atoms with Crippen molar-refractivity contribution in [3.8, 4) is 0 Å². The lowest BCUT2D eigenvalue weighted by Crippen LogP contribution is -2.40. The van der Waals surface area contributed by atoms with Crippen molar-refractivity contribution in [1.29, 1.82) is 0 Å². The van der Waals surface area contributed by atoms with E-state index in [1.54, 1.807) is 24.3 Å². The third-order valence-corrected chi connectivity index (χ3v) is 4.45. The molecule has 0 aromatic heterocycles. The predicted molar refractivity (Wildman–Crippen MR) is 94.0 cm³/mol. The number of nitrogens with zero attached hydrogens (tertiary/aromatic N) is 1. The number of hydrogen-bond acceptors (Lipinski definition) is 2. The summed E-state index contributed by atoms with van der Waals surface area (Å²) in [5.41, 5.74) is 7.57. The van der Waals surface area contributed by atoms with Crippen LogP contribution in [0.1, 0.15) is 34.7 Å². The van der Waals surface area contributed by atoms with Crippen LogP contribution in [0.4, 0.5) is 10.5 Å². The van der Waals surface area contributed by atoms with Gasteiger partial charge in [-0.1, -0.05) is 36.4 Å². The molecule has 5 nitrogen and oxygen atoms in total. The van der Waals surface area contributed by atoms with E-state index in [4.69, 9.17) is 5.73 Å². The van der Waals surface area contributed by atoms with Gasteiger partial charge in [0.2, 0.25) is 5.91 Å². The minimum atomic E-state index is -0.505. The molecule has 0 aliphatic carbocycles. The number of anilines is 1. The standard InChI is InChI=1S/C19H21N3O2/c20-18(23)16-7-4-8-17(13-16)21-19(24)22-11-9-15(10-12-22)14-5-2-1-3-6-14/h1-8,13,15H,9-12H2,(H2,20,23)(H,21,24). The lowest BCUT2D eigenvalue weighted by Gasteiger charge is -2.32. The summed E-state index contributed by atoms with van der Waals surface area (Å²) in [6.45, 7) is 1.45. The molecule has 2 aromatic carbocycles. The van der Waals surface area contributed by atoms with E-state index in [1.807, 2.05) is 11.0 Å². The van der Waals surface area contributed by atoms with Gasteiger partial charge in [-0.2, -0.15) is 0 Å². The van der Waals surface area contributed by atoms with Crippen LogP contribution in [0.3, 0.4) is 0 Å². The summed E-state index contributed by atoms with van der Waals surface area (Å²) in [7, 11) is 0. The molecular formula is C19H21N3O2. The summed E-state index contributed by atoms with van der Waals surface area (Å²) in [4.78, 5) is 25.4. The maximum atomic E-state index is 12.4. The molecule has 0 atom stereocenters. The molecular weight excluding hydrogens is 302 g/mol. The van der Waals surface area contributed by atoms with Gasteiger partial charge >= 0.3 is 6.03 Å². The fraction of sp³-hybridized carbons (Fsp3) is 0.263. The van der Waals surface area contributed by atoms with Crippen LogP contribution in [0.2, 0.25) is 0 Å². The van der Waals surface area contributed by atoms with Crippen LogP contribution >= 0.6 is 0 Å². The quantitative estimate of drug-likeness (QED) is 0.910. The number of nitrogens with one attached hydrogen (secondary N) is 1. The van der Waals surface area contributed by atoms with Gasteiger partial charge in [0.1, 0.15) is 0 Å². The molecule has 0 saturated carbocycles. The molecule has 0 unspecified atom stereocenters. The molecule has 0 radical (unpaired) electrons. The van der Waals surface area contributed by atoms with Gasteiger partial charge < -0.3 is 16.0 Å². The summed E-state index contributed by atoms with van der Waals surface area (Å²) in [5.74, 6) is 0.00298. The van der Waals surface area contributed by atoms with Crippen LogP contribution in [0.15, 0.2) is 54.6 Å². The Balaban J connectivity index is 1.57. The molecule has 0 spiro atoms. The first-order chi connectivity index (χ1) is 11.6. The smallest absolute Gasteiger partial charge is 0.321 e. The molecule has 1 saturated heterocycles. The highest BCUT2D eigenvalue weighted by atomic mass is 16.2. The first-order valence-electron chi connectivity index (χ1n) is 8.14. The molecule has 1 aliphatic heterocycles. The minimum absolute atomic E-state index is 0.136. The first-order valence-corrected chi connectivity index (χ1v) is 8.14. The second kappa shape index (κ2) is 7.17. The van der Waals surface area contributed by atoms with Crippen LogP contribution in [-0.4, -0.2) is 29.9 Å². The van der Waals surface area contributed by atoms with Gasteiger partial charge in [0, 0.05) is 24.3 Å². The van der Waals surface area contributed by atoms with Crippen LogP contribution in [0.5, 0.6) is 0 Å². The van der Waals surface area contributed by atoms with Crippen molar-refractivity contribution in [2.45, 2.75) is 18.8 Å². The van der Waals surface area contributed by atoms with Crippen molar-refractivity contribution in [2.75, 3.05) is 18.4 Å². The van der Waals surface area contributed by atoms with Crippen LogP contribution in [0, 0.1) is 0 Å². The lowest BCUT2D eigenvalue weighted by atomic mass is 9.90. The van der Waals surface area contributed by atoms with Crippen molar-refractivity contribution in [1.82, 2.24) is 4.90 Å². The molecule has 3 rings (SSSR count). The van der Waals surface area contributed by atoms with E-state index in [0.717, 1.165) is 25.9 Å². The molecule has 3 amide bonds. The van der Waals surface area contributed by atoms with Gasteiger partial charge in [-0.25, -0.2) is 4.79 Å². The number of urea groups is 1. The van der Waals surface area contributed by atoms with E-state index in [1.165, 1.54) is 5.56 Å². The fourth-order valence-electron chi connectivity index (χ4n) is 3.09. The van der Waals surface area contributed by atoms with Crippen LogP contribution < -0.4 is 11.1 Å². The minimum Gasteiger partial charge on any atom is -0.366 e. The maximum absolute atomic E-state index is 12.4. The van der Waals surface area contributed by atoms with E-state index in [9.17, 15) is 9.59 Å². The summed E-state index contributed by atoms with van der Waals surface area (Å²) in [6.07, 6.45) is 1.91. The number of primary amides is 1. The second-order valence-corrected chi connectivity index (χ2v) is 6.05. The Hall–Kier alpha value is -2.82. The average Bonchev–Trinajstić information content (AvgIpc) is 2.63. The highest BCUT2D eigenvalue weighted by molar-refractivity contribution is 5.95. The van der Waals surface area contributed by atoms with Gasteiger partial charge in [-0.3, -0.25) is 4.79 Å². The summed E-state index contributed by atoms with van der Waals surface area (Å²) in [5, 5.41) is 2.84. The maximum Gasteiger partial charge on any atom is 0.321 e. The topological polar surface area (TPSA) is 75.4 Å². The largest absolute Gasteiger partial charge is 0.366 e. The Morgan fingerprint density at radius 1 is 1.00 bits per heavy atom. The molecule has 1 heterocycles. The number of piperidine rings is 1. The summed E-state index contributed by atoms with van der Waals surface area (Å²) in [6, 6.07) is 17.0. The van der Waals surface area contributed by atoms with E-state index in [0.29, 0.717) is 17.2 Å². The van der Waals surface area contributed by atoms with Crippen molar-refractivity contribution >= 4 is 17.6 Å². The van der Waals surface area contributed by atoms with Crippen LogP contribution in [-0.2, 0) is 0 Å². The van der Waals surface area contributed by atoms with Gasteiger partial charge in [-0.15, -0.1) is 0 Å². The zero-order chi connectivity index (χ0) is 16.9. The lowest BCUT2D eigenvalue weighted by molar-refractivity contribution is 0.1000. The summed E-state index contributed by atoms with van der Waals surface area (Å²) >= 11 is 0. The average molecular weight is 323 g/mol. The Bertz CT molecular complexity index is 722. The van der Waals surface area contributed by atoms with Crippen LogP contribution in [0.25, 0.3) is 0 Å². The molecule has 5 heteroatoms. The molecule has 1 fully saturated rings. The predicted octanol–water partition coefficient (Wildman–Crippen LogP) is 3.20. The zero-order valence-electron chi connectivity index (χ0n) is 13.4. The monoisotopic (exact) mass is 323 g/mol. The van der Waals surface area contributed by atoms with Gasteiger partial charge in [0.05, 0.1) is 0 Å². The first kappa shape index (κ1) is 16.1. The number of nitrogens with two attached hydrogens (primary N) is 1. The molecule has 1 aliphatic rings. The van der Waals surface area contributed by atoms with Crippen molar-refractivity contribution in [3.05, 3.63) is 65.7 Å². The number of carbonyl (C=O) groups is 2. The van der Waals surface area contributed by atoms with E-state index in [-0.39, 0.29) is 6.03 Å². The molecule has 2 aromatic rings. The molecule has 24 heavy (non-hydrogen) atoms. The second-order valence-electron chi connectivity index (χ2n) is 6.05. The third-order valence-electron chi connectivity index (χ3n) is 4.45. The van der Waals surface area contributed by atoms with E-state index in [2.05, 4.69) is 29.6 Å². The molecule has 0 bridgehead atoms. The zero-order valence-corrected chi connectivity index (χ0v) is 13.4.